The topological polar surface area (TPSA) is 157 Å². The van der Waals surface area contributed by atoms with E-state index in [1.807, 2.05) is 184 Å². The molecule has 4 heterocycles. The molecule has 0 bridgehead atoms. The van der Waals surface area contributed by atoms with Gasteiger partial charge in [0.05, 0.1) is 0 Å². The average molecular weight is 1140 g/mol. The highest BCUT2D eigenvalue weighted by molar-refractivity contribution is 5.90. The Labute approximate surface area is 491 Å². The highest BCUT2D eigenvalue weighted by Gasteiger charge is 2.58. The number of carbonyl (C=O) groups is 2. The number of fused-ring (bicyclic) bond motifs is 3. The van der Waals surface area contributed by atoms with Crippen LogP contribution in [0.4, 0.5) is 0 Å². The lowest BCUT2D eigenvalue weighted by Crippen LogP contribution is -2.60. The fraction of sp³-hybridized carbons (Fsp3) is 0.197. The van der Waals surface area contributed by atoms with Gasteiger partial charge >= 0.3 is 17.7 Å². The van der Waals surface area contributed by atoms with Crippen LogP contribution in [0.2, 0.25) is 0 Å². The van der Waals surface area contributed by atoms with Gasteiger partial charge in [-0.05, 0) is 80.3 Å². The molecule has 5 atom stereocenters. The molecule has 1 aromatic heterocycles. The van der Waals surface area contributed by atoms with E-state index in [1.165, 1.54) is 12.2 Å². The van der Waals surface area contributed by atoms with Gasteiger partial charge in [-0.25, -0.2) is 9.59 Å². The van der Waals surface area contributed by atoms with Crippen molar-refractivity contribution in [3.8, 4) is 40.1 Å². The third-order valence-corrected chi connectivity index (χ3v) is 14.7. The number of carbonyl (C=O) groups excluding carboxylic acids is 2. The van der Waals surface area contributed by atoms with Crippen LogP contribution in [-0.2, 0) is 52.3 Å². The molecule has 14 heteroatoms. The number of benzene rings is 8. The van der Waals surface area contributed by atoms with Crippen molar-refractivity contribution in [2.45, 2.75) is 83.2 Å². The van der Waals surface area contributed by atoms with E-state index in [0.29, 0.717) is 22.8 Å². The van der Waals surface area contributed by atoms with E-state index in [9.17, 15) is 9.59 Å². The van der Waals surface area contributed by atoms with Gasteiger partial charge in [0.2, 0.25) is 17.5 Å². The lowest BCUT2D eigenvalue weighted by molar-refractivity contribution is -0.261. The number of hydrogen-bond donors (Lipinski definition) is 0. The SMILES string of the molecule is Cc1ccc(/C=C/C(=O)OC[C@H]2O[C@@H](Oc3c(-c4ccc5c(c4)OC(c4ccccc4)(c4ccccc4)O5)oc4cc(OCc5ccccc5)cc(OCc5ccccc5)c4c3=O)[C@H](OC(=O)/C=C/c3ccc(C)cc3)[C@H]3OC(C)(C)O[C@H]32)cc1. The summed E-state index contributed by atoms with van der Waals surface area (Å²) in [6.07, 6.45) is -0.392. The minimum Gasteiger partial charge on any atom is -0.489 e. The molecular weight excluding hydrogens is 1080 g/mol. The normalized spacial score (nSPS) is 19.1. The third kappa shape index (κ3) is 12.5. The molecule has 0 aliphatic carbocycles. The summed E-state index contributed by atoms with van der Waals surface area (Å²) in [5.74, 6) is -3.31. The van der Waals surface area contributed by atoms with Crippen molar-refractivity contribution in [3.05, 3.63) is 267 Å². The maximum atomic E-state index is 16.0. The minimum atomic E-state index is -1.65. The van der Waals surface area contributed by atoms with Gasteiger partial charge < -0.3 is 51.8 Å². The van der Waals surface area contributed by atoms with Crippen molar-refractivity contribution >= 4 is 35.1 Å². The first kappa shape index (κ1) is 55.8. The van der Waals surface area contributed by atoms with Gasteiger partial charge in [0, 0.05) is 41.0 Å². The Bertz CT molecular complexity index is 3920. The molecule has 428 valence electrons. The van der Waals surface area contributed by atoms with Crippen molar-refractivity contribution in [3.63, 3.8) is 0 Å². The molecule has 85 heavy (non-hydrogen) atoms. The van der Waals surface area contributed by atoms with Gasteiger partial charge in [-0.2, -0.15) is 0 Å². The van der Waals surface area contributed by atoms with Crippen molar-refractivity contribution in [2.24, 2.45) is 0 Å². The van der Waals surface area contributed by atoms with Gasteiger partial charge in [-0.1, -0.05) is 181 Å². The molecule has 0 amide bonds. The van der Waals surface area contributed by atoms with Gasteiger partial charge in [-0.3, -0.25) is 4.79 Å². The lowest BCUT2D eigenvalue weighted by atomic mass is 9.97. The maximum absolute atomic E-state index is 16.0. The number of aryl methyl sites for hydroxylation is 2. The number of rotatable bonds is 18. The zero-order valence-corrected chi connectivity index (χ0v) is 47.1. The predicted octanol–water partition coefficient (Wildman–Crippen LogP) is 13.4. The molecule has 2 fully saturated rings. The number of esters is 2. The van der Waals surface area contributed by atoms with E-state index in [0.717, 1.165) is 44.5 Å². The van der Waals surface area contributed by atoms with Crippen molar-refractivity contribution in [1.29, 1.82) is 0 Å². The first-order chi connectivity index (χ1) is 41.3. The second kappa shape index (κ2) is 24.2. The molecule has 0 spiro atoms. The Morgan fingerprint density at radius 3 is 1.75 bits per heavy atom. The fourth-order valence-electron chi connectivity index (χ4n) is 10.5. The second-order valence-corrected chi connectivity index (χ2v) is 21.4. The maximum Gasteiger partial charge on any atom is 0.331 e. The number of ether oxygens (including phenoxy) is 10. The summed E-state index contributed by atoms with van der Waals surface area (Å²) >= 11 is 0. The molecule has 0 saturated carbocycles. The average Bonchev–Trinajstić information content (AvgIpc) is 3.23. The Hall–Kier alpha value is -9.73. The molecule has 12 rings (SSSR count). The summed E-state index contributed by atoms with van der Waals surface area (Å²) < 4.78 is 72.7. The fourth-order valence-corrected chi connectivity index (χ4v) is 10.5. The zero-order chi connectivity index (χ0) is 58.5. The Kier molecular flexibility index (Phi) is 15.9. The van der Waals surface area contributed by atoms with Crippen LogP contribution in [0.5, 0.6) is 28.7 Å². The molecule has 0 unspecified atom stereocenters. The minimum absolute atomic E-state index is 0.00495. The van der Waals surface area contributed by atoms with Crippen LogP contribution in [0.25, 0.3) is 34.4 Å². The summed E-state index contributed by atoms with van der Waals surface area (Å²) in [5.41, 5.74) is 6.60. The summed E-state index contributed by atoms with van der Waals surface area (Å²) in [4.78, 5) is 43.6. The molecule has 3 aliphatic heterocycles. The summed E-state index contributed by atoms with van der Waals surface area (Å²) in [5, 5.41) is 0.00495. The monoisotopic (exact) mass is 1140 g/mol. The quantitative estimate of drug-likeness (QED) is 0.0590. The van der Waals surface area contributed by atoms with E-state index in [1.54, 1.807) is 56.3 Å². The first-order valence-corrected chi connectivity index (χ1v) is 28.0. The summed E-state index contributed by atoms with van der Waals surface area (Å²) in [7, 11) is 0. The predicted molar refractivity (Wildman–Crippen MR) is 319 cm³/mol. The van der Waals surface area contributed by atoms with Crippen molar-refractivity contribution < 1.29 is 61.4 Å². The van der Waals surface area contributed by atoms with Gasteiger partial charge in [-0.15, -0.1) is 0 Å². The molecule has 3 aliphatic rings. The van der Waals surface area contributed by atoms with Crippen molar-refractivity contribution in [1.82, 2.24) is 0 Å². The van der Waals surface area contributed by atoms with Crippen LogP contribution >= 0.6 is 0 Å². The summed E-state index contributed by atoms with van der Waals surface area (Å²) in [6.45, 7) is 7.26. The van der Waals surface area contributed by atoms with E-state index >= 15 is 4.79 Å². The summed E-state index contributed by atoms with van der Waals surface area (Å²) in [6, 6.07) is 62.0. The molecule has 8 aromatic carbocycles. The second-order valence-electron chi connectivity index (χ2n) is 21.4. The smallest absolute Gasteiger partial charge is 0.331 e. The van der Waals surface area contributed by atoms with Gasteiger partial charge in [0.25, 0.3) is 0 Å². The van der Waals surface area contributed by atoms with E-state index in [-0.39, 0.29) is 48.0 Å². The molecule has 2 saturated heterocycles. The molecule has 9 aromatic rings. The van der Waals surface area contributed by atoms with Crippen LogP contribution in [0.1, 0.15) is 58.4 Å². The highest BCUT2D eigenvalue weighted by Crippen LogP contribution is 2.50. The third-order valence-electron chi connectivity index (χ3n) is 14.7. The Morgan fingerprint density at radius 1 is 0.588 bits per heavy atom. The molecule has 14 nitrogen and oxygen atoms in total. The molecule has 0 radical (unpaired) electrons. The van der Waals surface area contributed by atoms with Crippen LogP contribution < -0.4 is 29.1 Å². The first-order valence-electron chi connectivity index (χ1n) is 28.0. The Balaban J connectivity index is 0.984. The van der Waals surface area contributed by atoms with Crippen LogP contribution in [0, 0.1) is 13.8 Å². The van der Waals surface area contributed by atoms with Gasteiger partial charge in [0.1, 0.15) is 60.6 Å². The lowest BCUT2D eigenvalue weighted by Gasteiger charge is -2.40. The zero-order valence-electron chi connectivity index (χ0n) is 47.1. The highest BCUT2D eigenvalue weighted by atomic mass is 16.8. The number of hydrogen-bond acceptors (Lipinski definition) is 14. The van der Waals surface area contributed by atoms with E-state index in [2.05, 4.69) is 0 Å². The van der Waals surface area contributed by atoms with E-state index in [4.69, 9.17) is 51.8 Å². The Morgan fingerprint density at radius 2 is 1.14 bits per heavy atom. The van der Waals surface area contributed by atoms with Crippen LogP contribution in [-0.4, -0.2) is 55.0 Å². The van der Waals surface area contributed by atoms with E-state index < -0.39 is 59.6 Å². The van der Waals surface area contributed by atoms with Crippen LogP contribution in [0.15, 0.2) is 222 Å². The van der Waals surface area contributed by atoms with Gasteiger partial charge in [0.15, 0.2) is 29.2 Å². The molecular formula is C71H60O14. The van der Waals surface area contributed by atoms with Crippen molar-refractivity contribution in [2.75, 3.05) is 6.61 Å². The largest absolute Gasteiger partial charge is 0.489 e. The van der Waals surface area contributed by atoms with Crippen LogP contribution in [0.3, 0.4) is 0 Å². The molecule has 0 N–H and O–H groups in total. The standard InChI is InChI=1S/C71H60O14/c1-45-25-29-47(30-26-45)33-37-60(72)77-44-59-65-67(85-70(3,4)84-65)68(80-61(73)38-34-48-31-27-46(2)28-32-48)69(79-59)81-66-63(74)62-57(76-43-50-19-11-6-12-20-50)40-54(75-42-49-17-9-5-10-18-49)41-58(62)78-64(66)51-35-36-55-56(39-51)83-71(82-55,52-21-13-7-14-22-52)53-23-15-8-16-24-53/h5-41,59,65,67-69H,42-44H2,1-4H3/b37-33+,38-34+/t59-,65+,67+,68-,69+/m1/s1.